The predicted molar refractivity (Wildman–Crippen MR) is 72.7 cm³/mol. The second-order valence-corrected chi connectivity index (χ2v) is 4.76. The van der Waals surface area contributed by atoms with Crippen LogP contribution in [0.1, 0.15) is 37.9 Å². The van der Waals surface area contributed by atoms with Crippen molar-refractivity contribution in [1.29, 1.82) is 0 Å². The average Bonchev–Trinajstić information content (AvgIpc) is 2.68. The van der Waals surface area contributed by atoms with E-state index in [0.717, 1.165) is 30.6 Å². The minimum atomic E-state index is -0.637. The van der Waals surface area contributed by atoms with Gasteiger partial charge in [0.15, 0.2) is 11.5 Å². The molecule has 0 saturated carbocycles. The minimum absolute atomic E-state index is 0.185. The third-order valence-electron chi connectivity index (χ3n) is 3.34. The van der Waals surface area contributed by atoms with Crippen molar-refractivity contribution in [2.45, 2.75) is 38.4 Å². The highest BCUT2D eigenvalue weighted by molar-refractivity contribution is 5.44. The Morgan fingerprint density at radius 2 is 2.00 bits per heavy atom. The maximum Gasteiger partial charge on any atom is 0.161 e. The molecule has 1 N–H and O–H groups in total. The molecule has 1 aliphatic heterocycles. The summed E-state index contributed by atoms with van der Waals surface area (Å²) >= 11 is 0. The smallest absolute Gasteiger partial charge is 0.161 e. The molecule has 0 radical (unpaired) electrons. The van der Waals surface area contributed by atoms with Gasteiger partial charge < -0.3 is 19.3 Å². The molecule has 4 nitrogen and oxygen atoms in total. The summed E-state index contributed by atoms with van der Waals surface area (Å²) in [7, 11) is 1.63. The molecule has 0 fully saturated rings. The summed E-state index contributed by atoms with van der Waals surface area (Å²) in [5, 5.41) is 10.4. The summed E-state index contributed by atoms with van der Waals surface area (Å²) in [6, 6.07) is 5.59. The first kappa shape index (κ1) is 14.2. The van der Waals surface area contributed by atoms with Gasteiger partial charge in [0.25, 0.3) is 0 Å². The highest BCUT2D eigenvalue weighted by atomic mass is 16.5. The Balaban J connectivity index is 2.18. The van der Waals surface area contributed by atoms with Crippen molar-refractivity contribution in [1.82, 2.24) is 0 Å². The van der Waals surface area contributed by atoms with E-state index < -0.39 is 6.10 Å². The maximum atomic E-state index is 10.4. The van der Waals surface area contributed by atoms with Gasteiger partial charge in [-0.25, -0.2) is 0 Å². The van der Waals surface area contributed by atoms with Gasteiger partial charge in [-0.05, 0) is 24.1 Å². The summed E-state index contributed by atoms with van der Waals surface area (Å²) in [5.41, 5.74) is 0.810. The lowest BCUT2D eigenvalue weighted by molar-refractivity contribution is -0.0180. The number of hydrogen-bond acceptors (Lipinski definition) is 4. The van der Waals surface area contributed by atoms with Crippen molar-refractivity contribution in [3.8, 4) is 11.5 Å². The number of ether oxygens (including phenoxy) is 3. The third kappa shape index (κ3) is 3.39. The Morgan fingerprint density at radius 3 is 2.68 bits per heavy atom. The van der Waals surface area contributed by atoms with Gasteiger partial charge in [0.2, 0.25) is 0 Å². The van der Waals surface area contributed by atoms with E-state index in [-0.39, 0.29) is 6.10 Å². The van der Waals surface area contributed by atoms with Crippen molar-refractivity contribution < 1.29 is 19.3 Å². The highest BCUT2D eigenvalue weighted by Crippen LogP contribution is 2.33. The molecule has 0 aliphatic carbocycles. The highest BCUT2D eigenvalue weighted by Gasteiger charge is 2.21. The maximum absolute atomic E-state index is 10.4. The monoisotopic (exact) mass is 266 g/mol. The molecule has 2 atom stereocenters. The Hall–Kier alpha value is -1.26. The normalized spacial score (nSPS) is 17.6. The molecular weight excluding hydrogens is 244 g/mol. The van der Waals surface area contributed by atoms with Gasteiger partial charge in [0.05, 0.1) is 19.3 Å². The Bertz CT molecular complexity index is 405. The molecule has 1 aliphatic rings. The summed E-state index contributed by atoms with van der Waals surface area (Å²) in [6.07, 6.45) is 1.85. The predicted octanol–water partition coefficient (Wildman–Crippen LogP) is 2.70. The number of fused-ring (bicyclic) bond motifs is 1. The molecule has 1 aromatic carbocycles. The van der Waals surface area contributed by atoms with E-state index in [9.17, 15) is 5.11 Å². The second-order valence-electron chi connectivity index (χ2n) is 4.76. The Morgan fingerprint density at radius 1 is 1.26 bits per heavy atom. The van der Waals surface area contributed by atoms with Crippen LogP contribution in [-0.4, -0.2) is 31.5 Å². The van der Waals surface area contributed by atoms with E-state index in [1.54, 1.807) is 7.11 Å². The fraction of sp³-hybridized carbons (Fsp3) is 0.600. The van der Waals surface area contributed by atoms with Crippen LogP contribution in [0.25, 0.3) is 0 Å². The van der Waals surface area contributed by atoms with Crippen LogP contribution < -0.4 is 9.47 Å². The van der Waals surface area contributed by atoms with E-state index >= 15 is 0 Å². The van der Waals surface area contributed by atoms with Gasteiger partial charge in [-0.1, -0.05) is 19.4 Å². The number of benzene rings is 1. The van der Waals surface area contributed by atoms with Crippen molar-refractivity contribution in [2.24, 2.45) is 0 Å². The zero-order valence-corrected chi connectivity index (χ0v) is 11.6. The molecule has 1 heterocycles. The summed E-state index contributed by atoms with van der Waals surface area (Å²) in [5.74, 6) is 1.46. The molecule has 106 valence electrons. The van der Waals surface area contributed by atoms with Crippen LogP contribution in [0, 0.1) is 0 Å². The standard InChI is InChI=1S/C15H22O4/c1-3-5-13(17-2)15(16)11-6-7-12-14(10-11)19-9-4-8-18-12/h6-7,10,13,15-16H,3-5,8-9H2,1-2H3. The summed E-state index contributed by atoms with van der Waals surface area (Å²) in [6.45, 7) is 3.40. The van der Waals surface area contributed by atoms with E-state index in [1.807, 2.05) is 18.2 Å². The van der Waals surface area contributed by atoms with Crippen LogP contribution >= 0.6 is 0 Å². The molecule has 0 spiro atoms. The van der Waals surface area contributed by atoms with Gasteiger partial charge >= 0.3 is 0 Å². The lowest BCUT2D eigenvalue weighted by atomic mass is 10.0. The SMILES string of the molecule is CCCC(OC)C(O)c1ccc2c(c1)OCCCO2. The zero-order chi connectivity index (χ0) is 13.7. The quantitative estimate of drug-likeness (QED) is 0.890. The Kier molecular flexibility index (Phi) is 5.05. The van der Waals surface area contributed by atoms with Gasteiger partial charge in [-0.2, -0.15) is 0 Å². The van der Waals surface area contributed by atoms with Crippen LogP contribution in [0.2, 0.25) is 0 Å². The lowest BCUT2D eigenvalue weighted by Gasteiger charge is -2.22. The molecule has 0 aromatic heterocycles. The topological polar surface area (TPSA) is 47.9 Å². The lowest BCUT2D eigenvalue weighted by Crippen LogP contribution is -2.20. The van der Waals surface area contributed by atoms with Crippen LogP contribution in [0.3, 0.4) is 0 Å². The van der Waals surface area contributed by atoms with Crippen LogP contribution in [-0.2, 0) is 4.74 Å². The molecule has 0 bridgehead atoms. The van der Waals surface area contributed by atoms with E-state index in [0.29, 0.717) is 19.0 Å². The van der Waals surface area contributed by atoms with Crippen molar-refractivity contribution in [3.63, 3.8) is 0 Å². The molecule has 2 rings (SSSR count). The molecule has 0 saturated heterocycles. The fourth-order valence-corrected chi connectivity index (χ4v) is 2.27. The number of aliphatic hydroxyl groups is 1. The van der Waals surface area contributed by atoms with E-state index in [4.69, 9.17) is 14.2 Å². The van der Waals surface area contributed by atoms with Crippen molar-refractivity contribution in [2.75, 3.05) is 20.3 Å². The number of aliphatic hydroxyl groups excluding tert-OH is 1. The number of hydrogen-bond donors (Lipinski definition) is 1. The largest absolute Gasteiger partial charge is 0.490 e. The molecule has 19 heavy (non-hydrogen) atoms. The summed E-state index contributed by atoms with van der Waals surface area (Å²) in [4.78, 5) is 0. The van der Waals surface area contributed by atoms with E-state index in [1.165, 1.54) is 0 Å². The van der Waals surface area contributed by atoms with Gasteiger partial charge in [0, 0.05) is 13.5 Å². The molecular formula is C15H22O4. The van der Waals surface area contributed by atoms with Gasteiger partial charge in [0.1, 0.15) is 6.10 Å². The van der Waals surface area contributed by atoms with Crippen LogP contribution in [0.5, 0.6) is 11.5 Å². The molecule has 4 heteroatoms. The van der Waals surface area contributed by atoms with Crippen molar-refractivity contribution in [3.05, 3.63) is 23.8 Å². The minimum Gasteiger partial charge on any atom is -0.490 e. The third-order valence-corrected chi connectivity index (χ3v) is 3.34. The molecule has 2 unspecified atom stereocenters. The van der Waals surface area contributed by atoms with Gasteiger partial charge in [-0.15, -0.1) is 0 Å². The van der Waals surface area contributed by atoms with Gasteiger partial charge in [-0.3, -0.25) is 0 Å². The van der Waals surface area contributed by atoms with E-state index in [2.05, 4.69) is 6.92 Å². The molecule has 0 amide bonds. The summed E-state index contributed by atoms with van der Waals surface area (Å²) < 4.78 is 16.6. The number of rotatable bonds is 5. The zero-order valence-electron chi connectivity index (χ0n) is 11.6. The van der Waals surface area contributed by atoms with Crippen LogP contribution in [0.15, 0.2) is 18.2 Å². The Labute approximate surface area is 114 Å². The average molecular weight is 266 g/mol. The van der Waals surface area contributed by atoms with Crippen molar-refractivity contribution >= 4 is 0 Å². The first-order valence-electron chi connectivity index (χ1n) is 6.86. The second kappa shape index (κ2) is 6.78. The first-order valence-corrected chi connectivity index (χ1v) is 6.86. The number of methoxy groups -OCH3 is 1. The fourth-order valence-electron chi connectivity index (χ4n) is 2.27. The molecule has 1 aromatic rings. The first-order chi connectivity index (χ1) is 9.26. The van der Waals surface area contributed by atoms with Crippen LogP contribution in [0.4, 0.5) is 0 Å².